The molecule has 2 rings (SSSR count). The highest BCUT2D eigenvalue weighted by atomic mass is 32.2. The second-order valence-electron chi connectivity index (χ2n) is 5.59. The van der Waals surface area contributed by atoms with Crippen molar-refractivity contribution in [2.45, 2.75) is 19.4 Å². The molecule has 1 aliphatic heterocycles. The minimum Gasteiger partial charge on any atom is -0.399 e. The van der Waals surface area contributed by atoms with Crippen LogP contribution in [0.1, 0.15) is 12.0 Å². The van der Waals surface area contributed by atoms with Gasteiger partial charge in [-0.3, -0.25) is 9.69 Å². The minimum absolute atomic E-state index is 0.0757. The van der Waals surface area contributed by atoms with Crippen molar-refractivity contribution in [2.75, 3.05) is 36.1 Å². The fourth-order valence-corrected chi connectivity index (χ4v) is 4.30. The number of hydrogen-bond donors (Lipinski definition) is 2. The summed E-state index contributed by atoms with van der Waals surface area (Å²) < 4.78 is 22.9. The van der Waals surface area contributed by atoms with E-state index in [1.165, 1.54) is 0 Å². The van der Waals surface area contributed by atoms with Gasteiger partial charge in [-0.25, -0.2) is 8.42 Å². The third kappa shape index (κ3) is 4.18. The summed E-state index contributed by atoms with van der Waals surface area (Å²) in [6.07, 6.45) is 0.590. The van der Waals surface area contributed by atoms with Gasteiger partial charge in [0.1, 0.15) is 0 Å². The van der Waals surface area contributed by atoms with Crippen molar-refractivity contribution in [1.82, 2.24) is 4.90 Å². The fourth-order valence-electron chi connectivity index (χ4n) is 2.50. The first-order valence-electron chi connectivity index (χ1n) is 6.83. The van der Waals surface area contributed by atoms with Crippen LogP contribution in [0.4, 0.5) is 11.4 Å². The molecule has 1 aromatic rings. The smallest absolute Gasteiger partial charge is 0.238 e. The third-order valence-electron chi connectivity index (χ3n) is 3.75. The second kappa shape index (κ2) is 6.03. The van der Waals surface area contributed by atoms with Gasteiger partial charge in [-0.1, -0.05) is 0 Å². The van der Waals surface area contributed by atoms with Crippen molar-refractivity contribution in [3.05, 3.63) is 23.8 Å². The molecule has 1 fully saturated rings. The van der Waals surface area contributed by atoms with Crippen LogP contribution >= 0.6 is 0 Å². The molecule has 1 aromatic carbocycles. The van der Waals surface area contributed by atoms with Gasteiger partial charge < -0.3 is 11.1 Å². The number of amides is 1. The molecule has 0 bridgehead atoms. The maximum Gasteiger partial charge on any atom is 0.238 e. The molecule has 1 unspecified atom stereocenters. The first-order chi connectivity index (χ1) is 9.77. The van der Waals surface area contributed by atoms with Gasteiger partial charge in [0.25, 0.3) is 0 Å². The number of aryl methyl sites for hydroxylation is 1. The van der Waals surface area contributed by atoms with Crippen LogP contribution in [0.25, 0.3) is 0 Å². The Hall–Kier alpha value is -1.60. The van der Waals surface area contributed by atoms with Gasteiger partial charge in [0.2, 0.25) is 5.91 Å². The fraction of sp³-hybridized carbons (Fsp3) is 0.500. The van der Waals surface area contributed by atoms with Gasteiger partial charge in [-0.15, -0.1) is 0 Å². The van der Waals surface area contributed by atoms with Crippen LogP contribution in [0.3, 0.4) is 0 Å². The SMILES string of the molecule is Cc1cc(N)ccc1NC(=O)CN(C)C1CCS(=O)(=O)C1. The average Bonchev–Trinajstić information content (AvgIpc) is 2.73. The van der Waals surface area contributed by atoms with E-state index in [4.69, 9.17) is 5.73 Å². The number of anilines is 2. The Morgan fingerprint density at radius 3 is 2.76 bits per heavy atom. The van der Waals surface area contributed by atoms with Crippen LogP contribution in [-0.4, -0.2) is 50.4 Å². The summed E-state index contributed by atoms with van der Waals surface area (Å²) in [6.45, 7) is 2.04. The molecule has 7 heteroatoms. The molecule has 0 saturated carbocycles. The van der Waals surface area contributed by atoms with Crippen LogP contribution in [0.15, 0.2) is 18.2 Å². The van der Waals surface area contributed by atoms with E-state index >= 15 is 0 Å². The molecule has 1 atom stereocenters. The quantitative estimate of drug-likeness (QED) is 0.796. The molecule has 0 spiro atoms. The molecule has 0 aliphatic carbocycles. The Balaban J connectivity index is 1.92. The number of sulfone groups is 1. The monoisotopic (exact) mass is 311 g/mol. The number of hydrogen-bond acceptors (Lipinski definition) is 5. The Kier molecular flexibility index (Phi) is 4.53. The van der Waals surface area contributed by atoms with E-state index in [1.807, 2.05) is 6.92 Å². The van der Waals surface area contributed by atoms with Crippen LogP contribution in [0.5, 0.6) is 0 Å². The number of nitrogen functional groups attached to an aromatic ring is 1. The predicted molar refractivity (Wildman–Crippen MR) is 83.9 cm³/mol. The van der Waals surface area contributed by atoms with Gasteiger partial charge in [-0.2, -0.15) is 0 Å². The Labute approximate surface area is 125 Å². The van der Waals surface area contributed by atoms with Crippen LogP contribution in [-0.2, 0) is 14.6 Å². The van der Waals surface area contributed by atoms with Crippen LogP contribution in [0, 0.1) is 6.92 Å². The largest absolute Gasteiger partial charge is 0.399 e. The normalized spacial score (nSPS) is 20.6. The topological polar surface area (TPSA) is 92.5 Å². The lowest BCUT2D eigenvalue weighted by Gasteiger charge is -2.22. The molecule has 1 amide bonds. The van der Waals surface area contributed by atoms with Crippen molar-refractivity contribution in [1.29, 1.82) is 0 Å². The lowest BCUT2D eigenvalue weighted by molar-refractivity contribution is -0.117. The van der Waals surface area contributed by atoms with Crippen LogP contribution in [0.2, 0.25) is 0 Å². The Bertz CT molecular complexity index is 643. The molecule has 1 aliphatic rings. The van der Waals surface area contributed by atoms with Crippen molar-refractivity contribution in [2.24, 2.45) is 0 Å². The highest BCUT2D eigenvalue weighted by molar-refractivity contribution is 7.91. The van der Waals surface area contributed by atoms with Crippen LogP contribution < -0.4 is 11.1 Å². The molecule has 6 nitrogen and oxygen atoms in total. The number of nitrogens with two attached hydrogens (primary N) is 1. The van der Waals surface area contributed by atoms with Gasteiger partial charge in [0.05, 0.1) is 18.1 Å². The molecule has 3 N–H and O–H groups in total. The average molecular weight is 311 g/mol. The first-order valence-corrected chi connectivity index (χ1v) is 8.65. The number of carbonyl (C=O) groups excluding carboxylic acids is 1. The number of likely N-dealkylation sites (N-methyl/N-ethyl adjacent to an activating group) is 1. The summed E-state index contributed by atoms with van der Waals surface area (Å²) in [5.74, 6) is 0.188. The van der Waals surface area contributed by atoms with E-state index < -0.39 is 9.84 Å². The highest BCUT2D eigenvalue weighted by Crippen LogP contribution is 2.19. The minimum atomic E-state index is -2.93. The van der Waals surface area contributed by atoms with E-state index in [0.29, 0.717) is 12.1 Å². The molecule has 21 heavy (non-hydrogen) atoms. The predicted octanol–water partition coefficient (Wildman–Crippen LogP) is 0.635. The van der Waals surface area contributed by atoms with E-state index in [0.717, 1.165) is 11.3 Å². The van der Waals surface area contributed by atoms with Gasteiger partial charge in [0.15, 0.2) is 9.84 Å². The maximum atomic E-state index is 12.0. The van der Waals surface area contributed by atoms with E-state index in [9.17, 15) is 13.2 Å². The summed E-state index contributed by atoms with van der Waals surface area (Å²) >= 11 is 0. The molecule has 1 saturated heterocycles. The number of nitrogens with one attached hydrogen (secondary N) is 1. The van der Waals surface area contributed by atoms with E-state index in [1.54, 1.807) is 30.1 Å². The zero-order valence-corrected chi connectivity index (χ0v) is 13.1. The van der Waals surface area contributed by atoms with Crippen molar-refractivity contribution in [3.8, 4) is 0 Å². The maximum absolute atomic E-state index is 12.0. The van der Waals surface area contributed by atoms with Crippen molar-refractivity contribution in [3.63, 3.8) is 0 Å². The summed E-state index contributed by atoms with van der Waals surface area (Å²) in [4.78, 5) is 13.8. The molecule has 0 radical (unpaired) electrons. The number of nitrogens with zero attached hydrogens (tertiary/aromatic N) is 1. The summed E-state index contributed by atoms with van der Waals surface area (Å²) in [5, 5.41) is 2.83. The van der Waals surface area contributed by atoms with Gasteiger partial charge in [-0.05, 0) is 44.2 Å². The summed E-state index contributed by atoms with van der Waals surface area (Å²) in [7, 11) is -1.16. The Morgan fingerprint density at radius 2 is 2.19 bits per heavy atom. The zero-order valence-electron chi connectivity index (χ0n) is 12.3. The van der Waals surface area contributed by atoms with E-state index in [2.05, 4.69) is 5.32 Å². The molecule has 116 valence electrons. The molecular weight excluding hydrogens is 290 g/mol. The number of rotatable bonds is 4. The molecule has 0 aromatic heterocycles. The lowest BCUT2D eigenvalue weighted by atomic mass is 10.2. The lowest BCUT2D eigenvalue weighted by Crippen LogP contribution is -2.38. The second-order valence-corrected chi connectivity index (χ2v) is 7.82. The van der Waals surface area contributed by atoms with Gasteiger partial charge >= 0.3 is 0 Å². The zero-order chi connectivity index (χ0) is 15.6. The van der Waals surface area contributed by atoms with E-state index in [-0.39, 0.29) is 30.0 Å². The Morgan fingerprint density at radius 1 is 1.48 bits per heavy atom. The molecule has 1 heterocycles. The number of carbonyl (C=O) groups is 1. The highest BCUT2D eigenvalue weighted by Gasteiger charge is 2.31. The van der Waals surface area contributed by atoms with Crippen molar-refractivity contribution < 1.29 is 13.2 Å². The standard InChI is InChI=1S/C14H21N3O3S/c1-10-7-11(15)3-4-13(10)16-14(18)8-17(2)12-5-6-21(19,20)9-12/h3-4,7,12H,5-6,8-9,15H2,1-2H3,(H,16,18). The summed E-state index contributed by atoms with van der Waals surface area (Å²) in [5.41, 5.74) is 7.94. The van der Waals surface area contributed by atoms with Crippen molar-refractivity contribution >= 4 is 27.1 Å². The molecular formula is C14H21N3O3S. The third-order valence-corrected chi connectivity index (χ3v) is 5.50. The summed E-state index contributed by atoms with van der Waals surface area (Å²) in [6, 6.07) is 5.22. The first kappa shape index (κ1) is 15.8. The van der Waals surface area contributed by atoms with Gasteiger partial charge in [0, 0.05) is 17.4 Å². The number of benzene rings is 1.